The van der Waals surface area contributed by atoms with Gasteiger partial charge in [-0.1, -0.05) is 87.6 Å². The van der Waals surface area contributed by atoms with Crippen LogP contribution < -0.4 is 9.64 Å². The van der Waals surface area contributed by atoms with E-state index in [1.807, 2.05) is 62.3 Å². The van der Waals surface area contributed by atoms with Crippen molar-refractivity contribution in [3.63, 3.8) is 0 Å². The van der Waals surface area contributed by atoms with E-state index in [1.165, 1.54) is 56.1 Å². The highest BCUT2D eigenvalue weighted by Gasteiger charge is 2.19. The van der Waals surface area contributed by atoms with Gasteiger partial charge in [0.2, 0.25) is 0 Å². The van der Waals surface area contributed by atoms with Gasteiger partial charge in [-0.05, 0) is 67.9 Å². The van der Waals surface area contributed by atoms with Gasteiger partial charge in [-0.25, -0.2) is 9.97 Å². The van der Waals surface area contributed by atoms with Gasteiger partial charge in [0.15, 0.2) is 0 Å². The topological polar surface area (TPSA) is 38.2 Å². The van der Waals surface area contributed by atoms with Gasteiger partial charge in [0, 0.05) is 19.5 Å². The highest BCUT2D eigenvalue weighted by molar-refractivity contribution is 5.89. The number of allylic oxidation sites excluding steroid dienone is 2. The van der Waals surface area contributed by atoms with E-state index < -0.39 is 0 Å². The van der Waals surface area contributed by atoms with Gasteiger partial charge < -0.3 is 9.64 Å². The third-order valence-corrected chi connectivity index (χ3v) is 7.40. The van der Waals surface area contributed by atoms with Crippen molar-refractivity contribution in [2.75, 3.05) is 26.1 Å². The van der Waals surface area contributed by atoms with E-state index >= 15 is 0 Å². The van der Waals surface area contributed by atoms with Crippen LogP contribution in [0, 0.1) is 18.8 Å². The molecule has 0 bridgehead atoms. The summed E-state index contributed by atoms with van der Waals surface area (Å²) >= 11 is 0. The number of methoxy groups -OCH3 is 1. The Bertz CT molecular complexity index is 1140. The third kappa shape index (κ3) is 9.03. The van der Waals surface area contributed by atoms with Crippen LogP contribution in [-0.4, -0.2) is 31.2 Å². The zero-order valence-corrected chi connectivity index (χ0v) is 23.5. The van der Waals surface area contributed by atoms with Crippen LogP contribution in [0.4, 0.5) is 5.82 Å². The molecule has 198 valence electrons. The maximum Gasteiger partial charge on any atom is 0.139 e. The molecule has 1 saturated carbocycles. The lowest BCUT2D eigenvalue weighted by molar-refractivity contribution is 0.258. The fourth-order valence-corrected chi connectivity index (χ4v) is 5.03. The number of hydrogen-bond donors (Lipinski definition) is 0. The van der Waals surface area contributed by atoms with Gasteiger partial charge in [0.1, 0.15) is 17.4 Å². The van der Waals surface area contributed by atoms with Crippen LogP contribution in [0.15, 0.2) is 66.8 Å². The summed E-state index contributed by atoms with van der Waals surface area (Å²) in [7, 11) is 5.69. The number of benzene rings is 2. The molecule has 0 radical (unpaired) electrons. The Morgan fingerprint density at radius 1 is 1.00 bits per heavy atom. The van der Waals surface area contributed by atoms with Crippen LogP contribution in [0.5, 0.6) is 5.75 Å². The molecule has 0 spiro atoms. The summed E-state index contributed by atoms with van der Waals surface area (Å²) in [6.07, 6.45) is 15.1. The Labute approximate surface area is 224 Å². The number of hydrogen-bond acceptors (Lipinski definition) is 4. The summed E-state index contributed by atoms with van der Waals surface area (Å²) in [6.45, 7) is 8.51. The van der Waals surface area contributed by atoms with Gasteiger partial charge in [0.25, 0.3) is 0 Å². The van der Waals surface area contributed by atoms with Gasteiger partial charge in [-0.3, -0.25) is 0 Å². The van der Waals surface area contributed by atoms with E-state index in [2.05, 4.69) is 47.8 Å². The fourth-order valence-electron chi connectivity index (χ4n) is 5.03. The average molecular weight is 500 g/mol. The highest BCUT2D eigenvalue weighted by atomic mass is 16.5. The monoisotopic (exact) mass is 499 g/mol. The van der Waals surface area contributed by atoms with Gasteiger partial charge in [-0.15, -0.1) is 0 Å². The van der Waals surface area contributed by atoms with Crippen molar-refractivity contribution in [3.8, 4) is 5.75 Å². The molecule has 4 rings (SSSR count). The smallest absolute Gasteiger partial charge is 0.139 e. The van der Waals surface area contributed by atoms with E-state index in [-0.39, 0.29) is 0 Å². The molecule has 37 heavy (non-hydrogen) atoms. The van der Waals surface area contributed by atoms with Gasteiger partial charge in [0.05, 0.1) is 12.6 Å². The molecule has 4 nitrogen and oxygen atoms in total. The number of ether oxygens (including phenoxy) is 1. The molecule has 3 aromatic rings. The first-order valence-electron chi connectivity index (χ1n) is 13.8. The van der Waals surface area contributed by atoms with Gasteiger partial charge in [-0.2, -0.15) is 0 Å². The second-order valence-electron chi connectivity index (χ2n) is 10.5. The molecule has 1 aliphatic carbocycles. The average Bonchev–Trinajstić information content (AvgIpc) is 2.92. The molecule has 4 heteroatoms. The van der Waals surface area contributed by atoms with Crippen LogP contribution in [0.3, 0.4) is 0 Å². The normalized spacial score (nSPS) is 17.3. The molecule has 0 amide bonds. The summed E-state index contributed by atoms with van der Waals surface area (Å²) < 4.78 is 5.18. The predicted octanol–water partition coefficient (Wildman–Crippen LogP) is 8.66. The summed E-state index contributed by atoms with van der Waals surface area (Å²) in [5, 5.41) is 1.10. The van der Waals surface area contributed by atoms with Crippen molar-refractivity contribution in [1.82, 2.24) is 9.97 Å². The van der Waals surface area contributed by atoms with Crippen LogP contribution >= 0.6 is 0 Å². The molecular weight excluding hydrogens is 454 g/mol. The molecule has 1 fully saturated rings. The molecule has 2 aromatic carbocycles. The third-order valence-electron chi connectivity index (χ3n) is 7.40. The van der Waals surface area contributed by atoms with E-state index in [4.69, 9.17) is 4.74 Å². The number of aromatic nitrogens is 2. The summed E-state index contributed by atoms with van der Waals surface area (Å²) in [6, 6.07) is 16.2. The Hall–Kier alpha value is -3.14. The Morgan fingerprint density at radius 3 is 2.32 bits per heavy atom. The standard InChI is InChI=1S/C22H32O.C11H13N3/c1-4-19-10-12-21(13-11-19)9-8-18(2)6-5-7-20-14-16-22(23-3)17-15-20;1-8-12-10-7-5-4-6-9(10)11(13-8)14(2)3/h5,7,14-17,19,21H,2,4,6,8-13H2,1,3H3;4-7H,1-3H3/b7-5+;. The minimum atomic E-state index is 0.812. The van der Waals surface area contributed by atoms with Crippen LogP contribution in [0.2, 0.25) is 0 Å². The lowest BCUT2D eigenvalue weighted by Crippen LogP contribution is -2.13. The molecule has 0 aliphatic heterocycles. The summed E-state index contributed by atoms with van der Waals surface area (Å²) in [4.78, 5) is 10.8. The predicted molar refractivity (Wildman–Crippen MR) is 159 cm³/mol. The Kier molecular flexibility index (Phi) is 11.2. The number of anilines is 1. The lowest BCUT2D eigenvalue weighted by Gasteiger charge is -2.27. The van der Waals surface area contributed by atoms with Crippen molar-refractivity contribution in [3.05, 3.63) is 78.1 Å². The molecule has 0 atom stereocenters. The molecule has 1 aliphatic rings. The first-order valence-corrected chi connectivity index (χ1v) is 13.8. The highest BCUT2D eigenvalue weighted by Crippen LogP contribution is 2.33. The second kappa shape index (κ2) is 14.6. The van der Waals surface area contributed by atoms with Crippen molar-refractivity contribution < 1.29 is 4.74 Å². The molecule has 1 aromatic heterocycles. The van der Waals surface area contributed by atoms with E-state index in [1.54, 1.807) is 7.11 Å². The van der Waals surface area contributed by atoms with Crippen molar-refractivity contribution >= 4 is 22.8 Å². The number of para-hydroxylation sites is 1. The maximum absolute atomic E-state index is 5.18. The van der Waals surface area contributed by atoms with Crippen molar-refractivity contribution in [2.45, 2.75) is 65.2 Å². The van der Waals surface area contributed by atoms with Crippen LogP contribution in [0.1, 0.15) is 69.7 Å². The number of aryl methyl sites for hydroxylation is 1. The molecular formula is C33H45N3O. The first kappa shape index (κ1) is 28.4. The van der Waals surface area contributed by atoms with Crippen LogP contribution in [-0.2, 0) is 0 Å². The zero-order chi connectivity index (χ0) is 26.6. The van der Waals surface area contributed by atoms with Crippen molar-refractivity contribution in [2.24, 2.45) is 11.8 Å². The quantitative estimate of drug-likeness (QED) is 0.276. The minimum Gasteiger partial charge on any atom is -0.497 e. The van der Waals surface area contributed by atoms with Crippen LogP contribution in [0.25, 0.3) is 17.0 Å². The fraction of sp³-hybridized carbons (Fsp3) is 0.455. The van der Waals surface area contributed by atoms with Gasteiger partial charge >= 0.3 is 0 Å². The molecule has 1 heterocycles. The SMILES string of the molecule is C=C(C/C=C/c1ccc(OC)cc1)CCC1CCC(CC)CC1.Cc1nc(N(C)C)c2ccccc2n1. The Morgan fingerprint density at radius 2 is 1.68 bits per heavy atom. The number of rotatable bonds is 9. The molecule has 0 N–H and O–H groups in total. The number of fused-ring (bicyclic) bond motifs is 1. The van der Waals surface area contributed by atoms with E-state index in [0.717, 1.165) is 46.6 Å². The van der Waals surface area contributed by atoms with E-state index in [0.29, 0.717) is 0 Å². The van der Waals surface area contributed by atoms with Crippen molar-refractivity contribution in [1.29, 1.82) is 0 Å². The maximum atomic E-state index is 5.18. The second-order valence-corrected chi connectivity index (χ2v) is 10.5. The van der Waals surface area contributed by atoms with E-state index in [9.17, 15) is 0 Å². The largest absolute Gasteiger partial charge is 0.497 e. The first-order chi connectivity index (χ1) is 17.9. The number of nitrogens with zero attached hydrogens (tertiary/aromatic N) is 3. The minimum absolute atomic E-state index is 0.812. The molecule has 0 saturated heterocycles. The summed E-state index contributed by atoms with van der Waals surface area (Å²) in [5.74, 6) is 4.65. The molecule has 0 unspecified atom stereocenters. The Balaban J connectivity index is 0.000000231. The zero-order valence-electron chi connectivity index (χ0n) is 23.5. The summed E-state index contributed by atoms with van der Waals surface area (Å²) in [5.41, 5.74) is 3.59. The lowest BCUT2D eigenvalue weighted by atomic mass is 9.78.